The SMILES string of the molecule is C=C(NC)C1=C(N)N=C(Nc2cccc3c2CCC3)C(F)C=C1. The summed E-state index contributed by atoms with van der Waals surface area (Å²) in [4.78, 5) is 4.25. The number of halogens is 1. The Morgan fingerprint density at radius 2 is 2.22 bits per heavy atom. The molecular formula is C18H21FN4. The summed E-state index contributed by atoms with van der Waals surface area (Å²) in [5.41, 5.74) is 10.7. The molecule has 23 heavy (non-hydrogen) atoms. The van der Waals surface area contributed by atoms with E-state index >= 15 is 0 Å². The maximum atomic E-state index is 14.4. The largest absolute Gasteiger partial charge is 0.388 e. The zero-order chi connectivity index (χ0) is 16.4. The molecule has 1 heterocycles. The lowest BCUT2D eigenvalue weighted by molar-refractivity contribution is 0.491. The van der Waals surface area contributed by atoms with E-state index in [-0.39, 0.29) is 11.7 Å². The molecule has 0 radical (unpaired) electrons. The van der Waals surface area contributed by atoms with Gasteiger partial charge >= 0.3 is 0 Å². The van der Waals surface area contributed by atoms with Crippen molar-refractivity contribution in [3.63, 3.8) is 0 Å². The number of benzene rings is 1. The number of rotatable bonds is 3. The second-order valence-electron chi connectivity index (χ2n) is 5.71. The van der Waals surface area contributed by atoms with Crippen LogP contribution < -0.4 is 16.4 Å². The topological polar surface area (TPSA) is 62.4 Å². The lowest BCUT2D eigenvalue weighted by Crippen LogP contribution is -2.24. The molecule has 0 spiro atoms. The van der Waals surface area contributed by atoms with Gasteiger partial charge in [-0.15, -0.1) is 0 Å². The van der Waals surface area contributed by atoms with Gasteiger partial charge in [-0.05, 0) is 48.6 Å². The molecule has 1 aromatic rings. The normalized spacial score (nSPS) is 19.9. The van der Waals surface area contributed by atoms with Crippen LogP contribution in [0.3, 0.4) is 0 Å². The predicted molar refractivity (Wildman–Crippen MR) is 93.0 cm³/mol. The van der Waals surface area contributed by atoms with Crippen LogP contribution >= 0.6 is 0 Å². The molecule has 4 nitrogen and oxygen atoms in total. The highest BCUT2D eigenvalue weighted by atomic mass is 19.1. The Bertz CT molecular complexity index is 731. The fourth-order valence-electron chi connectivity index (χ4n) is 2.97. The van der Waals surface area contributed by atoms with Crippen molar-refractivity contribution in [2.45, 2.75) is 25.4 Å². The average Bonchev–Trinajstić information content (AvgIpc) is 2.98. The fourth-order valence-corrected chi connectivity index (χ4v) is 2.97. The lowest BCUT2D eigenvalue weighted by atomic mass is 10.1. The van der Waals surface area contributed by atoms with Gasteiger partial charge < -0.3 is 16.4 Å². The highest BCUT2D eigenvalue weighted by molar-refractivity contribution is 6.01. The van der Waals surface area contributed by atoms with Gasteiger partial charge in [-0.3, -0.25) is 0 Å². The Labute approximate surface area is 135 Å². The Balaban J connectivity index is 1.94. The molecule has 0 bridgehead atoms. The molecule has 0 saturated heterocycles. The summed E-state index contributed by atoms with van der Waals surface area (Å²) in [7, 11) is 1.74. The van der Waals surface area contributed by atoms with Crippen molar-refractivity contribution in [2.75, 3.05) is 12.4 Å². The van der Waals surface area contributed by atoms with Crippen molar-refractivity contribution < 1.29 is 4.39 Å². The minimum Gasteiger partial charge on any atom is -0.388 e. The van der Waals surface area contributed by atoms with Gasteiger partial charge in [0.25, 0.3) is 0 Å². The lowest BCUT2D eigenvalue weighted by Gasteiger charge is -2.14. The number of nitrogens with zero attached hydrogens (tertiary/aromatic N) is 1. The second-order valence-corrected chi connectivity index (χ2v) is 5.71. The number of allylic oxidation sites excluding steroid dienone is 1. The van der Waals surface area contributed by atoms with E-state index in [0.29, 0.717) is 11.3 Å². The van der Waals surface area contributed by atoms with Gasteiger partial charge in [0.05, 0.1) is 0 Å². The van der Waals surface area contributed by atoms with E-state index in [4.69, 9.17) is 5.73 Å². The van der Waals surface area contributed by atoms with Crippen molar-refractivity contribution in [3.8, 4) is 0 Å². The molecule has 120 valence electrons. The first-order valence-electron chi connectivity index (χ1n) is 7.75. The van der Waals surface area contributed by atoms with Gasteiger partial charge in [-0.2, -0.15) is 0 Å². The summed E-state index contributed by atoms with van der Waals surface area (Å²) in [6.45, 7) is 3.86. The van der Waals surface area contributed by atoms with E-state index < -0.39 is 6.17 Å². The standard InChI is InChI=1S/C18H21FN4/c1-11(21-2)13-9-10-15(19)18(23-17(13)20)22-16-8-4-6-12-5-3-7-14(12)16/h4,6,8-10,15,21H,1,3,5,7,20H2,2H3,(H,22,23). The summed E-state index contributed by atoms with van der Waals surface area (Å²) in [6, 6.07) is 6.07. The summed E-state index contributed by atoms with van der Waals surface area (Å²) in [6.07, 6.45) is 4.93. The molecule has 0 fully saturated rings. The summed E-state index contributed by atoms with van der Waals surface area (Å²) < 4.78 is 14.4. The Morgan fingerprint density at radius 1 is 1.39 bits per heavy atom. The molecule has 2 aliphatic rings. The second kappa shape index (κ2) is 6.28. The third kappa shape index (κ3) is 2.99. The van der Waals surface area contributed by atoms with E-state index in [1.54, 1.807) is 13.1 Å². The number of anilines is 1. The smallest absolute Gasteiger partial charge is 0.176 e. The minimum absolute atomic E-state index is 0.206. The predicted octanol–water partition coefficient (Wildman–Crippen LogP) is 2.80. The van der Waals surface area contributed by atoms with Crippen molar-refractivity contribution >= 4 is 11.5 Å². The maximum absolute atomic E-state index is 14.4. The van der Waals surface area contributed by atoms with Crippen LogP contribution in [0.25, 0.3) is 0 Å². The van der Waals surface area contributed by atoms with Gasteiger partial charge in [0.2, 0.25) is 0 Å². The maximum Gasteiger partial charge on any atom is 0.176 e. The minimum atomic E-state index is -1.34. The fraction of sp³-hybridized carbons (Fsp3) is 0.278. The van der Waals surface area contributed by atoms with E-state index in [1.165, 1.54) is 17.2 Å². The van der Waals surface area contributed by atoms with Crippen LogP contribution in [0.2, 0.25) is 0 Å². The van der Waals surface area contributed by atoms with E-state index in [9.17, 15) is 4.39 Å². The molecule has 0 saturated carbocycles. The van der Waals surface area contributed by atoms with Gasteiger partial charge in [0.15, 0.2) is 6.17 Å². The highest BCUT2D eigenvalue weighted by Crippen LogP contribution is 2.29. The van der Waals surface area contributed by atoms with Crippen LogP contribution in [0.15, 0.2) is 59.0 Å². The molecule has 3 rings (SSSR count). The molecule has 1 atom stereocenters. The number of likely N-dealkylation sites (N-methyl/N-ethyl adjacent to an activating group) is 1. The van der Waals surface area contributed by atoms with Crippen molar-refractivity contribution in [1.82, 2.24) is 5.32 Å². The van der Waals surface area contributed by atoms with Gasteiger partial charge in [0, 0.05) is 24.0 Å². The van der Waals surface area contributed by atoms with E-state index in [0.717, 1.165) is 24.9 Å². The van der Waals surface area contributed by atoms with Crippen molar-refractivity contribution in [3.05, 3.63) is 65.1 Å². The quantitative estimate of drug-likeness (QED) is 0.804. The molecule has 1 aliphatic carbocycles. The first kappa shape index (κ1) is 15.3. The first-order chi connectivity index (χ1) is 11.1. The van der Waals surface area contributed by atoms with Gasteiger partial charge in [-0.1, -0.05) is 18.7 Å². The number of nitrogens with two attached hydrogens (primary N) is 1. The van der Waals surface area contributed by atoms with Crippen LogP contribution in [0.5, 0.6) is 0 Å². The average molecular weight is 312 g/mol. The van der Waals surface area contributed by atoms with Crippen LogP contribution in [0.4, 0.5) is 10.1 Å². The molecule has 1 aliphatic heterocycles. The van der Waals surface area contributed by atoms with Crippen LogP contribution in [-0.2, 0) is 12.8 Å². The summed E-state index contributed by atoms with van der Waals surface area (Å²) in [5.74, 6) is 0.453. The first-order valence-corrected chi connectivity index (χ1v) is 7.75. The molecule has 0 aromatic heterocycles. The Kier molecular flexibility index (Phi) is 4.19. The van der Waals surface area contributed by atoms with Crippen LogP contribution in [0.1, 0.15) is 17.5 Å². The third-order valence-corrected chi connectivity index (χ3v) is 4.25. The van der Waals surface area contributed by atoms with Crippen molar-refractivity contribution in [1.29, 1.82) is 0 Å². The molecule has 5 heteroatoms. The van der Waals surface area contributed by atoms with E-state index in [2.05, 4.69) is 28.3 Å². The number of aryl methyl sites for hydroxylation is 1. The van der Waals surface area contributed by atoms with Crippen LogP contribution in [-0.4, -0.2) is 19.1 Å². The molecular weight excluding hydrogens is 291 g/mol. The number of nitrogens with one attached hydrogen (secondary N) is 2. The number of alkyl halides is 1. The number of aliphatic imine (C=N–C) groups is 1. The highest BCUT2D eigenvalue weighted by Gasteiger charge is 2.20. The number of hydrogen-bond acceptors (Lipinski definition) is 4. The number of amidine groups is 1. The summed E-state index contributed by atoms with van der Waals surface area (Å²) >= 11 is 0. The zero-order valence-electron chi connectivity index (χ0n) is 13.2. The van der Waals surface area contributed by atoms with Crippen LogP contribution in [0, 0.1) is 0 Å². The molecule has 1 unspecified atom stereocenters. The Morgan fingerprint density at radius 3 is 3.00 bits per heavy atom. The zero-order valence-corrected chi connectivity index (χ0v) is 13.2. The third-order valence-electron chi connectivity index (χ3n) is 4.25. The molecule has 0 amide bonds. The van der Waals surface area contributed by atoms with Crippen molar-refractivity contribution in [2.24, 2.45) is 10.7 Å². The van der Waals surface area contributed by atoms with Gasteiger partial charge in [0.1, 0.15) is 11.7 Å². The summed E-state index contributed by atoms with van der Waals surface area (Å²) in [5, 5.41) is 6.05. The monoisotopic (exact) mass is 312 g/mol. The molecule has 1 aromatic carbocycles. The van der Waals surface area contributed by atoms with Gasteiger partial charge in [-0.25, -0.2) is 9.38 Å². The number of fused-ring (bicyclic) bond motifs is 1. The Hall–Kier alpha value is -2.56. The number of hydrogen-bond donors (Lipinski definition) is 3. The molecule has 4 N–H and O–H groups in total. The van der Waals surface area contributed by atoms with E-state index in [1.807, 2.05) is 12.1 Å².